The number of nitrogens with zero attached hydrogens (tertiary/aromatic N) is 2. The second-order valence-corrected chi connectivity index (χ2v) is 4.50. The van der Waals surface area contributed by atoms with Gasteiger partial charge in [-0.15, -0.1) is 0 Å². The fraction of sp³-hybridized carbons (Fsp3) is 0.500. The molecule has 3 nitrogen and oxygen atoms in total. The highest BCUT2D eigenvalue weighted by atomic mass is 16.2. The molecule has 3 heteroatoms. The molecular formula is C14H22N2O. The van der Waals surface area contributed by atoms with Crippen molar-refractivity contribution in [2.45, 2.75) is 19.8 Å². The minimum absolute atomic E-state index is 0.273. The fourth-order valence-corrected chi connectivity index (χ4v) is 1.77. The fourth-order valence-electron chi connectivity index (χ4n) is 1.77. The number of carbonyl (C=O) groups is 1. The summed E-state index contributed by atoms with van der Waals surface area (Å²) in [6.45, 7) is 7.94. The minimum Gasteiger partial charge on any atom is -0.374 e. The second kappa shape index (κ2) is 6.28. The Balaban J connectivity index is 0.000000202. The first kappa shape index (κ1) is 13.6. The first-order valence-corrected chi connectivity index (χ1v) is 6.00. The van der Waals surface area contributed by atoms with Crippen molar-refractivity contribution < 1.29 is 4.79 Å². The SMILES string of the molecule is C=C/C=C\C1=C(C)CCN1C.CN1CCC1=O. The lowest BCUT2D eigenvalue weighted by Gasteiger charge is -2.24. The van der Waals surface area contributed by atoms with E-state index in [0.29, 0.717) is 0 Å². The van der Waals surface area contributed by atoms with E-state index < -0.39 is 0 Å². The number of likely N-dealkylation sites (N-methyl/N-ethyl adjacent to an activating group) is 1. The summed E-state index contributed by atoms with van der Waals surface area (Å²) in [6, 6.07) is 0. The van der Waals surface area contributed by atoms with Gasteiger partial charge in [-0.25, -0.2) is 0 Å². The zero-order chi connectivity index (χ0) is 12.8. The third kappa shape index (κ3) is 3.77. The van der Waals surface area contributed by atoms with Gasteiger partial charge < -0.3 is 9.80 Å². The van der Waals surface area contributed by atoms with Crippen molar-refractivity contribution in [3.05, 3.63) is 36.1 Å². The predicted octanol–water partition coefficient (Wildman–Crippen LogP) is 2.19. The lowest BCUT2D eigenvalue weighted by Crippen LogP contribution is -2.39. The van der Waals surface area contributed by atoms with Gasteiger partial charge in [0.2, 0.25) is 5.91 Å². The Morgan fingerprint density at radius 3 is 2.06 bits per heavy atom. The lowest BCUT2D eigenvalue weighted by atomic mass is 10.2. The molecule has 0 atom stereocenters. The molecule has 0 unspecified atom stereocenters. The maximum absolute atomic E-state index is 10.2. The zero-order valence-corrected chi connectivity index (χ0v) is 11.1. The van der Waals surface area contributed by atoms with Gasteiger partial charge in [0.1, 0.15) is 0 Å². The number of hydrogen-bond donors (Lipinski definition) is 0. The highest BCUT2D eigenvalue weighted by Crippen LogP contribution is 2.21. The Hall–Kier alpha value is -1.51. The lowest BCUT2D eigenvalue weighted by molar-refractivity contribution is -0.137. The molecule has 0 aromatic rings. The summed E-state index contributed by atoms with van der Waals surface area (Å²) >= 11 is 0. The van der Waals surface area contributed by atoms with Crippen molar-refractivity contribution in [2.24, 2.45) is 0 Å². The van der Waals surface area contributed by atoms with Crippen LogP contribution in [-0.4, -0.2) is 42.9 Å². The van der Waals surface area contributed by atoms with Gasteiger partial charge in [-0.05, 0) is 25.0 Å². The number of rotatable bonds is 2. The van der Waals surface area contributed by atoms with E-state index in [1.54, 1.807) is 4.90 Å². The van der Waals surface area contributed by atoms with Gasteiger partial charge in [0.25, 0.3) is 0 Å². The van der Waals surface area contributed by atoms with E-state index >= 15 is 0 Å². The molecule has 0 aliphatic carbocycles. The molecule has 2 rings (SSSR count). The van der Waals surface area contributed by atoms with Crippen LogP contribution in [0.25, 0.3) is 0 Å². The molecule has 0 bridgehead atoms. The second-order valence-electron chi connectivity index (χ2n) is 4.50. The normalized spacial score (nSPS) is 19.4. The summed E-state index contributed by atoms with van der Waals surface area (Å²) in [7, 11) is 3.94. The van der Waals surface area contributed by atoms with E-state index in [4.69, 9.17) is 0 Å². The Labute approximate surface area is 104 Å². The molecule has 1 amide bonds. The third-order valence-electron chi connectivity index (χ3n) is 3.15. The Morgan fingerprint density at radius 1 is 1.18 bits per heavy atom. The molecule has 94 valence electrons. The summed E-state index contributed by atoms with van der Waals surface area (Å²) in [5.74, 6) is 0.273. The largest absolute Gasteiger partial charge is 0.374 e. The Bertz CT molecular complexity index is 355. The molecule has 1 fully saturated rings. The molecule has 0 aromatic carbocycles. The predicted molar refractivity (Wildman–Crippen MR) is 71.5 cm³/mol. The quantitative estimate of drug-likeness (QED) is 0.540. The summed E-state index contributed by atoms with van der Waals surface area (Å²) < 4.78 is 0. The summed E-state index contributed by atoms with van der Waals surface area (Å²) in [5, 5.41) is 0. The minimum atomic E-state index is 0.273. The maximum atomic E-state index is 10.2. The van der Waals surface area contributed by atoms with Crippen molar-refractivity contribution in [1.29, 1.82) is 0 Å². The summed E-state index contributed by atoms with van der Waals surface area (Å²) in [5.41, 5.74) is 2.83. The topological polar surface area (TPSA) is 23.6 Å². The first-order chi connectivity index (χ1) is 8.06. The van der Waals surface area contributed by atoms with Crippen molar-refractivity contribution in [2.75, 3.05) is 27.2 Å². The molecule has 0 N–H and O–H groups in total. The van der Waals surface area contributed by atoms with Crippen LogP contribution in [0.1, 0.15) is 19.8 Å². The molecule has 2 aliphatic heterocycles. The van der Waals surface area contributed by atoms with Crippen LogP contribution in [0.4, 0.5) is 0 Å². The first-order valence-electron chi connectivity index (χ1n) is 6.00. The van der Waals surface area contributed by atoms with Gasteiger partial charge >= 0.3 is 0 Å². The van der Waals surface area contributed by atoms with E-state index in [1.165, 1.54) is 17.7 Å². The molecule has 0 spiro atoms. The highest BCUT2D eigenvalue weighted by Gasteiger charge is 2.17. The van der Waals surface area contributed by atoms with Crippen LogP contribution in [-0.2, 0) is 4.79 Å². The van der Waals surface area contributed by atoms with Crippen LogP contribution in [0.15, 0.2) is 36.1 Å². The van der Waals surface area contributed by atoms with Crippen LogP contribution < -0.4 is 0 Å². The summed E-state index contributed by atoms with van der Waals surface area (Å²) in [6.07, 6.45) is 7.88. The van der Waals surface area contributed by atoms with E-state index in [-0.39, 0.29) is 5.91 Å². The van der Waals surface area contributed by atoms with Gasteiger partial charge in [0.05, 0.1) is 0 Å². The smallest absolute Gasteiger partial charge is 0.224 e. The number of likely N-dealkylation sites (tertiary alicyclic amines) is 1. The van der Waals surface area contributed by atoms with Crippen LogP contribution in [0.3, 0.4) is 0 Å². The van der Waals surface area contributed by atoms with Gasteiger partial charge in [-0.3, -0.25) is 4.79 Å². The zero-order valence-electron chi connectivity index (χ0n) is 11.1. The van der Waals surface area contributed by atoms with Gasteiger partial charge in [0.15, 0.2) is 0 Å². The van der Waals surface area contributed by atoms with Crippen molar-refractivity contribution in [3.8, 4) is 0 Å². The molecule has 1 saturated heterocycles. The molecular weight excluding hydrogens is 212 g/mol. The number of allylic oxidation sites excluding steroid dienone is 3. The molecule has 0 saturated carbocycles. The Kier molecular flexibility index (Phi) is 5.01. The molecule has 2 aliphatic rings. The van der Waals surface area contributed by atoms with Crippen LogP contribution >= 0.6 is 0 Å². The van der Waals surface area contributed by atoms with Crippen molar-refractivity contribution in [1.82, 2.24) is 9.80 Å². The van der Waals surface area contributed by atoms with Gasteiger partial charge in [-0.2, -0.15) is 0 Å². The van der Waals surface area contributed by atoms with Crippen molar-refractivity contribution >= 4 is 5.91 Å². The van der Waals surface area contributed by atoms with Gasteiger partial charge in [-0.1, -0.05) is 18.7 Å². The third-order valence-corrected chi connectivity index (χ3v) is 3.15. The average molecular weight is 234 g/mol. The highest BCUT2D eigenvalue weighted by molar-refractivity contribution is 5.81. The van der Waals surface area contributed by atoms with E-state index in [9.17, 15) is 4.79 Å². The van der Waals surface area contributed by atoms with Crippen LogP contribution in [0.5, 0.6) is 0 Å². The van der Waals surface area contributed by atoms with Gasteiger partial charge in [0, 0.05) is 39.3 Å². The number of carbonyl (C=O) groups excluding carboxylic acids is 1. The number of β-lactam (4-membered cyclic amide) rings is 1. The molecule has 0 radical (unpaired) electrons. The van der Waals surface area contributed by atoms with Crippen LogP contribution in [0.2, 0.25) is 0 Å². The number of hydrogen-bond acceptors (Lipinski definition) is 2. The molecule has 17 heavy (non-hydrogen) atoms. The average Bonchev–Trinajstić information content (AvgIpc) is 2.65. The Morgan fingerprint density at radius 2 is 1.76 bits per heavy atom. The van der Waals surface area contributed by atoms with E-state index in [2.05, 4.69) is 31.5 Å². The maximum Gasteiger partial charge on any atom is 0.224 e. The summed E-state index contributed by atoms with van der Waals surface area (Å²) in [4.78, 5) is 14.1. The number of amides is 1. The monoisotopic (exact) mass is 234 g/mol. The standard InChI is InChI=1S/C10H15N.C4H7NO/c1-4-5-6-10-9(2)7-8-11(10)3;1-5-3-2-4(5)6/h4-6H,1,7-8H2,2-3H3;2-3H2,1H3/b6-5-;. The molecule has 0 aromatic heterocycles. The van der Waals surface area contributed by atoms with Crippen molar-refractivity contribution in [3.63, 3.8) is 0 Å². The van der Waals surface area contributed by atoms with Crippen LogP contribution in [0, 0.1) is 0 Å². The van der Waals surface area contributed by atoms with E-state index in [1.807, 2.05) is 19.2 Å². The molecule has 2 heterocycles. The van der Waals surface area contributed by atoms with E-state index in [0.717, 1.165) is 19.5 Å².